The standard InChI is InChI=1S/C11H16N2O2S/c1-9-3-5-10(6-4-9)16(14,15)13-7-11(2,12)8-13/h3-6H,7-8,12H2,1-2H3. The van der Waals surface area contributed by atoms with Gasteiger partial charge in [-0.25, -0.2) is 8.42 Å². The molecule has 2 N–H and O–H groups in total. The Labute approximate surface area is 96.1 Å². The van der Waals surface area contributed by atoms with Crippen LogP contribution in [-0.4, -0.2) is 31.4 Å². The molecule has 0 atom stereocenters. The lowest BCUT2D eigenvalue weighted by atomic mass is 9.97. The van der Waals surface area contributed by atoms with Crippen molar-refractivity contribution in [2.45, 2.75) is 24.3 Å². The van der Waals surface area contributed by atoms with Crippen LogP contribution in [0.25, 0.3) is 0 Å². The second-order valence-electron chi connectivity index (χ2n) is 4.74. The minimum absolute atomic E-state index is 0.341. The van der Waals surface area contributed by atoms with E-state index in [9.17, 15) is 8.42 Å². The fraction of sp³-hybridized carbons (Fsp3) is 0.455. The summed E-state index contributed by atoms with van der Waals surface area (Å²) in [6.45, 7) is 4.57. The summed E-state index contributed by atoms with van der Waals surface area (Å²) >= 11 is 0. The molecule has 1 aliphatic rings. The lowest BCUT2D eigenvalue weighted by molar-refractivity contribution is 0.176. The third kappa shape index (κ3) is 1.98. The topological polar surface area (TPSA) is 63.4 Å². The number of aryl methyl sites for hydroxylation is 1. The number of sulfonamides is 1. The van der Waals surface area contributed by atoms with E-state index in [2.05, 4.69) is 0 Å². The van der Waals surface area contributed by atoms with Crippen LogP contribution in [0.1, 0.15) is 12.5 Å². The molecule has 0 aromatic heterocycles. The molecule has 1 fully saturated rings. The van der Waals surface area contributed by atoms with Gasteiger partial charge in [-0.2, -0.15) is 4.31 Å². The molecule has 0 bridgehead atoms. The average Bonchev–Trinajstić information content (AvgIpc) is 2.14. The molecule has 1 aliphatic heterocycles. The van der Waals surface area contributed by atoms with E-state index in [-0.39, 0.29) is 5.54 Å². The van der Waals surface area contributed by atoms with Crippen molar-refractivity contribution in [1.82, 2.24) is 4.31 Å². The maximum atomic E-state index is 12.1. The largest absolute Gasteiger partial charge is 0.323 e. The van der Waals surface area contributed by atoms with Crippen molar-refractivity contribution in [1.29, 1.82) is 0 Å². The van der Waals surface area contributed by atoms with Gasteiger partial charge in [-0.15, -0.1) is 0 Å². The third-order valence-electron chi connectivity index (χ3n) is 2.73. The first kappa shape index (κ1) is 11.6. The summed E-state index contributed by atoms with van der Waals surface area (Å²) in [5, 5.41) is 0. The molecule has 1 aromatic carbocycles. The van der Waals surface area contributed by atoms with Crippen LogP contribution in [0.4, 0.5) is 0 Å². The molecule has 0 amide bonds. The lowest BCUT2D eigenvalue weighted by Gasteiger charge is -2.44. The fourth-order valence-electron chi connectivity index (χ4n) is 1.79. The van der Waals surface area contributed by atoms with Crippen LogP contribution in [0.15, 0.2) is 29.2 Å². The molecule has 88 valence electrons. The van der Waals surface area contributed by atoms with Gasteiger partial charge in [0.25, 0.3) is 0 Å². The number of rotatable bonds is 2. The van der Waals surface area contributed by atoms with Crippen molar-refractivity contribution in [3.05, 3.63) is 29.8 Å². The minimum Gasteiger partial charge on any atom is -0.323 e. The summed E-state index contributed by atoms with van der Waals surface area (Å²) in [6, 6.07) is 6.87. The summed E-state index contributed by atoms with van der Waals surface area (Å²) < 4.78 is 25.6. The van der Waals surface area contributed by atoms with Gasteiger partial charge in [0.2, 0.25) is 10.0 Å². The molecule has 5 heteroatoms. The van der Waals surface area contributed by atoms with Gasteiger partial charge >= 0.3 is 0 Å². The van der Waals surface area contributed by atoms with Gasteiger partial charge in [0.1, 0.15) is 0 Å². The molecule has 1 saturated heterocycles. The van der Waals surface area contributed by atoms with E-state index in [0.717, 1.165) is 5.56 Å². The van der Waals surface area contributed by atoms with Gasteiger partial charge in [0.15, 0.2) is 0 Å². The zero-order chi connectivity index (χ0) is 12.0. The maximum Gasteiger partial charge on any atom is 0.243 e. The summed E-state index contributed by atoms with van der Waals surface area (Å²) in [4.78, 5) is 0.341. The Morgan fingerprint density at radius 1 is 1.25 bits per heavy atom. The Hall–Kier alpha value is -0.910. The third-order valence-corrected chi connectivity index (χ3v) is 4.54. The average molecular weight is 240 g/mol. The summed E-state index contributed by atoms with van der Waals surface area (Å²) in [7, 11) is -3.34. The number of nitrogens with zero attached hydrogens (tertiary/aromatic N) is 1. The quantitative estimate of drug-likeness (QED) is 0.828. The first-order chi connectivity index (χ1) is 7.31. The number of benzene rings is 1. The van der Waals surface area contributed by atoms with Gasteiger partial charge in [0.05, 0.1) is 4.90 Å². The van der Waals surface area contributed by atoms with Gasteiger partial charge in [-0.05, 0) is 26.0 Å². The zero-order valence-corrected chi connectivity index (χ0v) is 10.3. The summed E-state index contributed by atoms with van der Waals surface area (Å²) in [5.74, 6) is 0. The van der Waals surface area contributed by atoms with Crippen LogP contribution in [-0.2, 0) is 10.0 Å². The predicted molar refractivity (Wildman–Crippen MR) is 62.5 cm³/mol. The van der Waals surface area contributed by atoms with E-state index >= 15 is 0 Å². The van der Waals surface area contributed by atoms with E-state index in [1.54, 1.807) is 24.3 Å². The Kier molecular flexibility index (Phi) is 2.57. The normalized spacial score (nSPS) is 20.4. The van der Waals surface area contributed by atoms with E-state index in [1.165, 1.54) is 4.31 Å². The van der Waals surface area contributed by atoms with Crippen LogP contribution in [0, 0.1) is 6.92 Å². The first-order valence-electron chi connectivity index (χ1n) is 5.17. The Morgan fingerprint density at radius 2 is 1.75 bits per heavy atom. The maximum absolute atomic E-state index is 12.1. The second kappa shape index (κ2) is 3.55. The van der Waals surface area contributed by atoms with Crippen molar-refractivity contribution in [3.8, 4) is 0 Å². The molecule has 0 spiro atoms. The van der Waals surface area contributed by atoms with Gasteiger partial charge in [0, 0.05) is 18.6 Å². The molecule has 0 radical (unpaired) electrons. The first-order valence-corrected chi connectivity index (χ1v) is 6.61. The number of hydrogen-bond donors (Lipinski definition) is 1. The van der Waals surface area contributed by atoms with Crippen molar-refractivity contribution < 1.29 is 8.42 Å². The van der Waals surface area contributed by atoms with Gasteiger partial charge < -0.3 is 5.73 Å². The molecule has 2 rings (SSSR count). The van der Waals surface area contributed by atoms with Gasteiger partial charge in [-0.3, -0.25) is 0 Å². The zero-order valence-electron chi connectivity index (χ0n) is 9.47. The Morgan fingerprint density at radius 3 is 2.19 bits per heavy atom. The summed E-state index contributed by atoms with van der Waals surface area (Å²) in [6.07, 6.45) is 0. The highest BCUT2D eigenvalue weighted by molar-refractivity contribution is 7.89. The molecule has 0 unspecified atom stereocenters. The Bertz CT molecular complexity index is 483. The van der Waals surface area contributed by atoms with Crippen molar-refractivity contribution in [3.63, 3.8) is 0 Å². The van der Waals surface area contributed by atoms with Crippen molar-refractivity contribution in [2.75, 3.05) is 13.1 Å². The molecule has 0 saturated carbocycles. The molecular formula is C11H16N2O2S. The lowest BCUT2D eigenvalue weighted by Crippen LogP contribution is -2.66. The van der Waals surface area contributed by atoms with Crippen LogP contribution >= 0.6 is 0 Å². The minimum atomic E-state index is -3.34. The monoisotopic (exact) mass is 240 g/mol. The highest BCUT2D eigenvalue weighted by atomic mass is 32.2. The highest BCUT2D eigenvalue weighted by Gasteiger charge is 2.42. The van der Waals surface area contributed by atoms with Crippen LogP contribution in [0.5, 0.6) is 0 Å². The summed E-state index contributed by atoms with van der Waals surface area (Å²) in [5.41, 5.74) is 6.47. The molecule has 1 aromatic rings. The smallest absolute Gasteiger partial charge is 0.243 e. The number of nitrogens with two attached hydrogens (primary N) is 1. The predicted octanol–water partition coefficient (Wildman–Crippen LogP) is 0.717. The van der Waals surface area contributed by atoms with Crippen LogP contribution in [0.3, 0.4) is 0 Å². The number of hydrogen-bond acceptors (Lipinski definition) is 3. The molecule has 4 nitrogen and oxygen atoms in total. The second-order valence-corrected chi connectivity index (χ2v) is 6.68. The van der Waals surface area contributed by atoms with Gasteiger partial charge in [-0.1, -0.05) is 17.7 Å². The van der Waals surface area contributed by atoms with Crippen LogP contribution < -0.4 is 5.73 Å². The molecule has 16 heavy (non-hydrogen) atoms. The molecule has 0 aliphatic carbocycles. The van der Waals surface area contributed by atoms with E-state index in [4.69, 9.17) is 5.73 Å². The fourth-order valence-corrected chi connectivity index (χ4v) is 3.50. The van der Waals surface area contributed by atoms with E-state index in [1.807, 2.05) is 13.8 Å². The molecule has 1 heterocycles. The van der Waals surface area contributed by atoms with Crippen molar-refractivity contribution in [2.24, 2.45) is 5.73 Å². The van der Waals surface area contributed by atoms with Crippen molar-refractivity contribution >= 4 is 10.0 Å². The van der Waals surface area contributed by atoms with Crippen LogP contribution in [0.2, 0.25) is 0 Å². The van der Waals surface area contributed by atoms with E-state index in [0.29, 0.717) is 18.0 Å². The molecular weight excluding hydrogens is 224 g/mol. The SMILES string of the molecule is Cc1ccc(S(=O)(=O)N2CC(C)(N)C2)cc1. The van der Waals surface area contributed by atoms with E-state index < -0.39 is 10.0 Å². The highest BCUT2D eigenvalue weighted by Crippen LogP contribution is 2.26. The Balaban J connectivity index is 2.24.